The Bertz CT molecular complexity index is 386. The monoisotopic (exact) mass is 262 g/mol. The van der Waals surface area contributed by atoms with Crippen molar-refractivity contribution in [3.05, 3.63) is 35.4 Å². The SMILES string of the molecule is CCc1ccc(CCN(C)C(=O)C(C)CCN)cc1. The second-order valence-corrected chi connectivity index (χ2v) is 5.16. The van der Waals surface area contributed by atoms with Crippen LogP contribution < -0.4 is 5.73 Å². The van der Waals surface area contributed by atoms with E-state index in [0.29, 0.717) is 6.54 Å². The number of carbonyl (C=O) groups is 1. The predicted octanol–water partition coefficient (Wildman–Crippen LogP) is 2.23. The second-order valence-electron chi connectivity index (χ2n) is 5.16. The first-order valence-electron chi connectivity index (χ1n) is 7.11. The lowest BCUT2D eigenvalue weighted by atomic mass is 10.1. The summed E-state index contributed by atoms with van der Waals surface area (Å²) in [5.41, 5.74) is 8.12. The summed E-state index contributed by atoms with van der Waals surface area (Å²) in [5.74, 6) is 0.216. The highest BCUT2D eigenvalue weighted by atomic mass is 16.2. The molecule has 2 N–H and O–H groups in total. The maximum absolute atomic E-state index is 12.0. The zero-order chi connectivity index (χ0) is 14.3. The van der Waals surface area contributed by atoms with Gasteiger partial charge in [0.1, 0.15) is 0 Å². The number of aryl methyl sites for hydroxylation is 1. The molecule has 1 rings (SSSR count). The van der Waals surface area contributed by atoms with E-state index >= 15 is 0 Å². The van der Waals surface area contributed by atoms with Crippen molar-refractivity contribution in [3.63, 3.8) is 0 Å². The standard InChI is InChI=1S/C16H26N2O/c1-4-14-5-7-15(8-6-14)10-12-18(3)16(19)13(2)9-11-17/h5-8,13H,4,9-12,17H2,1-3H3. The molecule has 0 spiro atoms. The van der Waals surface area contributed by atoms with E-state index in [1.54, 1.807) is 0 Å². The number of nitrogens with zero attached hydrogens (tertiary/aromatic N) is 1. The summed E-state index contributed by atoms with van der Waals surface area (Å²) in [6.07, 6.45) is 2.73. The lowest BCUT2D eigenvalue weighted by Gasteiger charge is -2.21. The van der Waals surface area contributed by atoms with E-state index in [1.165, 1.54) is 11.1 Å². The molecule has 1 amide bonds. The Morgan fingerprint density at radius 3 is 2.37 bits per heavy atom. The Balaban J connectivity index is 2.44. The molecule has 0 aromatic heterocycles. The van der Waals surface area contributed by atoms with E-state index in [9.17, 15) is 4.79 Å². The topological polar surface area (TPSA) is 46.3 Å². The molecule has 0 saturated carbocycles. The highest BCUT2D eigenvalue weighted by Crippen LogP contribution is 2.08. The third kappa shape index (κ3) is 5.03. The predicted molar refractivity (Wildman–Crippen MR) is 80.0 cm³/mol. The highest BCUT2D eigenvalue weighted by Gasteiger charge is 2.16. The fraction of sp³-hybridized carbons (Fsp3) is 0.562. The van der Waals surface area contributed by atoms with Crippen LogP contribution in [0.5, 0.6) is 0 Å². The van der Waals surface area contributed by atoms with E-state index in [0.717, 1.165) is 25.8 Å². The quantitative estimate of drug-likeness (QED) is 0.819. The molecule has 0 bridgehead atoms. The van der Waals surface area contributed by atoms with Crippen LogP contribution in [0.3, 0.4) is 0 Å². The van der Waals surface area contributed by atoms with Crippen LogP contribution in [-0.2, 0) is 17.6 Å². The smallest absolute Gasteiger partial charge is 0.225 e. The molecule has 3 nitrogen and oxygen atoms in total. The van der Waals surface area contributed by atoms with Crippen LogP contribution in [0.15, 0.2) is 24.3 Å². The number of hydrogen-bond donors (Lipinski definition) is 1. The number of rotatable bonds is 7. The van der Waals surface area contributed by atoms with Crippen molar-refractivity contribution >= 4 is 5.91 Å². The van der Waals surface area contributed by atoms with Gasteiger partial charge in [0.2, 0.25) is 5.91 Å². The van der Waals surface area contributed by atoms with Crippen molar-refractivity contribution in [3.8, 4) is 0 Å². The second kappa shape index (κ2) is 7.95. The van der Waals surface area contributed by atoms with Crippen LogP contribution >= 0.6 is 0 Å². The van der Waals surface area contributed by atoms with E-state index in [4.69, 9.17) is 5.73 Å². The Morgan fingerprint density at radius 2 is 1.84 bits per heavy atom. The van der Waals surface area contributed by atoms with Gasteiger partial charge in [-0.1, -0.05) is 38.1 Å². The number of likely N-dealkylation sites (N-methyl/N-ethyl adjacent to an activating group) is 1. The van der Waals surface area contributed by atoms with Crippen molar-refractivity contribution in [1.82, 2.24) is 4.90 Å². The Hall–Kier alpha value is -1.35. The zero-order valence-corrected chi connectivity index (χ0v) is 12.4. The summed E-state index contributed by atoms with van der Waals surface area (Å²) in [6, 6.07) is 8.63. The summed E-state index contributed by atoms with van der Waals surface area (Å²) >= 11 is 0. The van der Waals surface area contributed by atoms with Gasteiger partial charge in [-0.05, 0) is 36.9 Å². The normalized spacial score (nSPS) is 12.2. The lowest BCUT2D eigenvalue weighted by Crippen LogP contribution is -2.34. The molecular formula is C16H26N2O. The van der Waals surface area contributed by atoms with Gasteiger partial charge in [-0.25, -0.2) is 0 Å². The maximum Gasteiger partial charge on any atom is 0.225 e. The molecule has 1 aromatic rings. The molecule has 0 aliphatic rings. The fourth-order valence-corrected chi connectivity index (χ4v) is 2.10. The summed E-state index contributed by atoms with van der Waals surface area (Å²) in [5, 5.41) is 0. The average molecular weight is 262 g/mol. The van der Waals surface area contributed by atoms with E-state index in [2.05, 4.69) is 31.2 Å². The molecule has 1 atom stereocenters. The van der Waals surface area contributed by atoms with Crippen LogP contribution in [0.4, 0.5) is 0 Å². The largest absolute Gasteiger partial charge is 0.345 e. The van der Waals surface area contributed by atoms with Crippen LogP contribution in [0.1, 0.15) is 31.4 Å². The molecule has 1 unspecified atom stereocenters. The van der Waals surface area contributed by atoms with Gasteiger partial charge < -0.3 is 10.6 Å². The molecule has 0 saturated heterocycles. The number of hydrogen-bond acceptors (Lipinski definition) is 2. The van der Waals surface area contributed by atoms with Gasteiger partial charge in [0.15, 0.2) is 0 Å². The van der Waals surface area contributed by atoms with Crippen molar-refractivity contribution in [2.75, 3.05) is 20.1 Å². The molecule has 0 radical (unpaired) electrons. The number of carbonyl (C=O) groups excluding carboxylic acids is 1. The van der Waals surface area contributed by atoms with Gasteiger partial charge in [0, 0.05) is 19.5 Å². The third-order valence-corrected chi connectivity index (χ3v) is 3.56. The first kappa shape index (κ1) is 15.7. The first-order valence-corrected chi connectivity index (χ1v) is 7.11. The van der Waals surface area contributed by atoms with Gasteiger partial charge in [0.05, 0.1) is 0 Å². The Morgan fingerprint density at radius 1 is 1.26 bits per heavy atom. The molecule has 106 valence electrons. The van der Waals surface area contributed by atoms with Gasteiger partial charge in [-0.2, -0.15) is 0 Å². The lowest BCUT2D eigenvalue weighted by molar-refractivity contribution is -0.133. The molecular weight excluding hydrogens is 236 g/mol. The van der Waals surface area contributed by atoms with Gasteiger partial charge in [0.25, 0.3) is 0 Å². The minimum absolute atomic E-state index is 0.0254. The minimum Gasteiger partial charge on any atom is -0.345 e. The van der Waals surface area contributed by atoms with Crippen molar-refractivity contribution in [2.24, 2.45) is 11.7 Å². The molecule has 0 aliphatic heterocycles. The van der Waals surface area contributed by atoms with Crippen LogP contribution in [-0.4, -0.2) is 30.9 Å². The van der Waals surface area contributed by atoms with Crippen molar-refractivity contribution < 1.29 is 4.79 Å². The van der Waals surface area contributed by atoms with Crippen molar-refractivity contribution in [1.29, 1.82) is 0 Å². The highest BCUT2D eigenvalue weighted by molar-refractivity contribution is 5.78. The van der Waals surface area contributed by atoms with Crippen LogP contribution in [0, 0.1) is 5.92 Å². The minimum atomic E-state index is 0.0254. The molecule has 0 heterocycles. The first-order chi connectivity index (χ1) is 9.08. The van der Waals surface area contributed by atoms with Crippen LogP contribution in [0.2, 0.25) is 0 Å². The van der Waals surface area contributed by atoms with E-state index in [-0.39, 0.29) is 11.8 Å². The van der Waals surface area contributed by atoms with E-state index in [1.807, 2.05) is 18.9 Å². The number of benzene rings is 1. The van der Waals surface area contributed by atoms with Crippen LogP contribution in [0.25, 0.3) is 0 Å². The fourth-order valence-electron chi connectivity index (χ4n) is 2.10. The van der Waals surface area contributed by atoms with E-state index < -0.39 is 0 Å². The average Bonchev–Trinajstić information content (AvgIpc) is 2.44. The summed E-state index contributed by atoms with van der Waals surface area (Å²) in [4.78, 5) is 13.8. The summed E-state index contributed by atoms with van der Waals surface area (Å²) in [7, 11) is 1.87. The molecule has 19 heavy (non-hydrogen) atoms. The maximum atomic E-state index is 12.0. The Kier molecular flexibility index (Phi) is 6.57. The number of nitrogens with two attached hydrogens (primary N) is 1. The zero-order valence-electron chi connectivity index (χ0n) is 12.4. The summed E-state index contributed by atoms with van der Waals surface area (Å²) in [6.45, 7) is 5.43. The summed E-state index contributed by atoms with van der Waals surface area (Å²) < 4.78 is 0. The van der Waals surface area contributed by atoms with Gasteiger partial charge in [-0.15, -0.1) is 0 Å². The molecule has 0 fully saturated rings. The Labute approximate surface area is 116 Å². The third-order valence-electron chi connectivity index (χ3n) is 3.56. The van der Waals surface area contributed by atoms with Gasteiger partial charge >= 0.3 is 0 Å². The number of amides is 1. The molecule has 1 aromatic carbocycles. The molecule has 0 aliphatic carbocycles. The molecule has 3 heteroatoms. The van der Waals surface area contributed by atoms with Crippen molar-refractivity contribution in [2.45, 2.75) is 33.1 Å². The van der Waals surface area contributed by atoms with Gasteiger partial charge in [-0.3, -0.25) is 4.79 Å².